The standard InChI is InChI=1S/C3H5.3HI.V/c1-3-2;;;;/h1H,2-3H2;3*1H;/q-1;;;;+3/p-3. The second-order valence-corrected chi connectivity index (χ2v) is 35.8. The second kappa shape index (κ2) is 11.6. The normalized spacial score (nSPS) is 7.71. The molecule has 0 aliphatic carbocycles. The Labute approximate surface area is 83.3 Å². The van der Waals surface area contributed by atoms with Crippen molar-refractivity contribution in [2.24, 2.45) is 0 Å². The molecule has 0 aliphatic heterocycles. The van der Waals surface area contributed by atoms with Crippen molar-refractivity contribution in [3.63, 3.8) is 0 Å². The molecule has 4 heteroatoms. The first-order valence-electron chi connectivity index (χ1n) is 1.42. The van der Waals surface area contributed by atoms with Gasteiger partial charge in [0.05, 0.1) is 0 Å². The van der Waals surface area contributed by atoms with Crippen LogP contribution in [0.2, 0.25) is 0 Å². The summed E-state index contributed by atoms with van der Waals surface area (Å²) in [5.74, 6) is 0. The van der Waals surface area contributed by atoms with Crippen LogP contribution in [0.5, 0.6) is 0 Å². The maximum absolute atomic E-state index is 4.74. The summed E-state index contributed by atoms with van der Waals surface area (Å²) in [6.45, 7) is 8.00. The summed E-state index contributed by atoms with van der Waals surface area (Å²) in [6.07, 6.45) is 0.500. The Morgan fingerprint density at radius 3 is 1.43 bits per heavy atom. The average molecular weight is 473 g/mol. The van der Waals surface area contributed by atoms with Crippen molar-refractivity contribution < 1.29 is 4.92 Å². The Kier molecular flexibility index (Phi) is 20.6. The summed E-state index contributed by atoms with van der Waals surface area (Å²) in [5, 5.41) is 0. The molecule has 7 heavy (non-hydrogen) atoms. The van der Waals surface area contributed by atoms with Crippen LogP contribution in [0.15, 0.2) is 0 Å². The van der Waals surface area contributed by atoms with Crippen molar-refractivity contribution in [2.45, 2.75) is 6.42 Å². The molecule has 0 saturated heterocycles. The molecule has 0 nitrogen and oxygen atoms in total. The predicted octanol–water partition coefficient (Wildman–Crippen LogP) is 3.58. The fourth-order valence-corrected chi connectivity index (χ4v) is 0. The number of rotatable bonds is 0. The molecule has 44 valence electrons. The van der Waals surface area contributed by atoms with Crippen molar-refractivity contribution in [1.29, 1.82) is 0 Å². The Morgan fingerprint density at radius 2 is 1.43 bits per heavy atom. The summed E-state index contributed by atoms with van der Waals surface area (Å²) in [4.78, 5) is -0.278. The first-order valence-corrected chi connectivity index (χ1v) is 14.9. The van der Waals surface area contributed by atoms with E-state index in [1.165, 1.54) is 0 Å². The molecule has 0 fully saturated rings. The minimum absolute atomic E-state index is 0.278. The van der Waals surface area contributed by atoms with Gasteiger partial charge in [-0.25, -0.2) is 0 Å². The van der Waals surface area contributed by atoms with E-state index in [1.807, 2.05) is 0 Å². The van der Waals surface area contributed by atoms with E-state index in [-0.39, 0.29) is 4.92 Å². The van der Waals surface area contributed by atoms with Gasteiger partial charge in [-0.1, -0.05) is 6.92 Å². The van der Waals surface area contributed by atoms with E-state index in [0.29, 0.717) is 6.42 Å². The number of hydrogen-bond acceptors (Lipinski definition) is 0. The summed E-state index contributed by atoms with van der Waals surface area (Å²) < 4.78 is 0. The van der Waals surface area contributed by atoms with Gasteiger partial charge in [-0.05, 0) is 0 Å². The molecule has 0 aromatic heterocycles. The van der Waals surface area contributed by atoms with Crippen molar-refractivity contribution >= 4 is 59.9 Å². The zero-order valence-electron chi connectivity index (χ0n) is 3.57. The van der Waals surface area contributed by atoms with Gasteiger partial charge in [-0.3, -0.25) is 0 Å². The Hall–Kier alpha value is 2.77. The molecule has 0 rings (SSSR count). The third-order valence-corrected chi connectivity index (χ3v) is 0. The molecular formula is C3H5I3V-. The van der Waals surface area contributed by atoms with Crippen LogP contribution in [0.3, 0.4) is 0 Å². The first-order chi connectivity index (χ1) is 3.15. The molecule has 2 radical (unpaired) electrons. The van der Waals surface area contributed by atoms with Crippen LogP contribution >= 0.6 is 59.9 Å². The van der Waals surface area contributed by atoms with Crippen LogP contribution in [0, 0.1) is 13.8 Å². The SMILES string of the molecule is [CH]C[CH2-].[I][V]([I])[I]. The fourth-order valence-electron chi connectivity index (χ4n) is 0. The molecule has 0 bridgehead atoms. The second-order valence-electron chi connectivity index (χ2n) is 0.480. The van der Waals surface area contributed by atoms with E-state index in [2.05, 4.69) is 66.9 Å². The van der Waals surface area contributed by atoms with E-state index in [0.717, 1.165) is 0 Å². The van der Waals surface area contributed by atoms with Crippen molar-refractivity contribution in [2.75, 3.05) is 0 Å². The van der Waals surface area contributed by atoms with Crippen LogP contribution in [0.1, 0.15) is 6.42 Å². The molecule has 0 aromatic rings. The van der Waals surface area contributed by atoms with E-state index < -0.39 is 0 Å². The summed E-state index contributed by atoms with van der Waals surface area (Å²) in [5.41, 5.74) is 0. The van der Waals surface area contributed by atoms with Gasteiger partial charge in [0, 0.05) is 0 Å². The summed E-state index contributed by atoms with van der Waals surface area (Å²) >= 11 is 7.39. The average Bonchev–Trinajstić information content (AvgIpc) is 1.33. The van der Waals surface area contributed by atoms with E-state index in [4.69, 9.17) is 6.92 Å². The van der Waals surface area contributed by atoms with E-state index in [1.54, 1.807) is 0 Å². The van der Waals surface area contributed by atoms with Gasteiger partial charge in [0.2, 0.25) is 0 Å². The van der Waals surface area contributed by atoms with Gasteiger partial charge in [0.25, 0.3) is 0 Å². The van der Waals surface area contributed by atoms with Gasteiger partial charge >= 0.3 is 64.9 Å². The molecular weight excluding hydrogens is 468 g/mol. The Morgan fingerprint density at radius 1 is 1.43 bits per heavy atom. The van der Waals surface area contributed by atoms with Crippen LogP contribution in [0.25, 0.3) is 0 Å². The molecule has 0 aliphatic rings. The van der Waals surface area contributed by atoms with Crippen molar-refractivity contribution in [1.82, 2.24) is 0 Å². The molecule has 0 heterocycles. The summed E-state index contributed by atoms with van der Waals surface area (Å²) in [6, 6.07) is 0. The third-order valence-electron chi connectivity index (χ3n) is 0. The quantitative estimate of drug-likeness (QED) is 0.374. The number of hydrogen-bond donors (Lipinski definition) is 0. The summed E-state index contributed by atoms with van der Waals surface area (Å²) in [7, 11) is 0. The molecule has 0 aromatic carbocycles. The van der Waals surface area contributed by atoms with Crippen LogP contribution in [0.4, 0.5) is 0 Å². The molecule has 0 spiro atoms. The zero-order valence-corrected chi connectivity index (χ0v) is 11.4. The topological polar surface area (TPSA) is 0 Å². The van der Waals surface area contributed by atoms with Crippen LogP contribution < -0.4 is 0 Å². The molecule has 0 amide bonds. The van der Waals surface area contributed by atoms with Crippen molar-refractivity contribution in [3.05, 3.63) is 13.8 Å². The molecule has 0 saturated carbocycles. The van der Waals surface area contributed by atoms with E-state index >= 15 is 0 Å². The van der Waals surface area contributed by atoms with Gasteiger partial charge in [-0.15, -0.1) is 0 Å². The molecule has 0 unspecified atom stereocenters. The van der Waals surface area contributed by atoms with Crippen LogP contribution in [-0.4, -0.2) is 0 Å². The number of halogens is 3. The fraction of sp³-hybridized carbons (Fsp3) is 0.333. The zero-order chi connectivity index (χ0) is 6.28. The Balaban J connectivity index is 0. The van der Waals surface area contributed by atoms with Gasteiger partial charge in [-0.2, -0.15) is 6.42 Å². The predicted molar refractivity (Wildman–Crippen MR) is 56.3 cm³/mol. The monoisotopic (exact) mass is 473 g/mol. The first kappa shape index (κ1) is 12.5. The Bertz CT molecular complexity index is 21.4. The van der Waals surface area contributed by atoms with Crippen molar-refractivity contribution in [3.8, 4) is 0 Å². The molecule has 0 atom stereocenters. The van der Waals surface area contributed by atoms with E-state index in [9.17, 15) is 0 Å². The molecule has 0 N–H and O–H groups in total. The third kappa shape index (κ3) is 52.3. The van der Waals surface area contributed by atoms with Crippen LogP contribution in [-0.2, 0) is 4.92 Å². The van der Waals surface area contributed by atoms with Gasteiger partial charge < -0.3 is 6.92 Å². The maximum atomic E-state index is 4.74. The van der Waals surface area contributed by atoms with Gasteiger partial charge in [0.15, 0.2) is 0 Å². The minimum atomic E-state index is -0.278. The van der Waals surface area contributed by atoms with Gasteiger partial charge in [0.1, 0.15) is 0 Å².